The Morgan fingerprint density at radius 3 is 2.86 bits per heavy atom. The summed E-state index contributed by atoms with van der Waals surface area (Å²) < 4.78 is 0. The van der Waals surface area contributed by atoms with Gasteiger partial charge in [-0.15, -0.1) is 0 Å². The number of benzene rings is 1. The molecule has 0 atom stereocenters. The van der Waals surface area contributed by atoms with E-state index in [1.54, 1.807) is 18.2 Å². The molecule has 6 heteroatoms. The Bertz CT molecular complexity index is 399. The minimum Gasteiger partial charge on any atom is -0.330 e. The third kappa shape index (κ3) is 2.57. The topological polar surface area (TPSA) is 73.9 Å². The molecule has 0 radical (unpaired) electrons. The van der Waals surface area contributed by atoms with Crippen LogP contribution >= 0.6 is 23.8 Å². The molecule has 14 heavy (non-hydrogen) atoms. The van der Waals surface area contributed by atoms with E-state index in [9.17, 15) is 0 Å². The molecular weight excluding hydrogens is 220 g/mol. The Hall–Kier alpha value is -1.35. The Morgan fingerprint density at radius 1 is 1.57 bits per heavy atom. The smallest absolute Gasteiger partial charge is 0.185 e. The number of nitrogens with zero attached hydrogens (tertiary/aromatic N) is 1. The van der Waals surface area contributed by atoms with Crippen LogP contribution in [0.25, 0.3) is 0 Å². The quantitative estimate of drug-likeness (QED) is 0.383. The van der Waals surface area contributed by atoms with E-state index in [-0.39, 0.29) is 5.11 Å². The number of hydrogen-bond donors (Lipinski definition) is 3. The highest BCUT2D eigenvalue weighted by Crippen LogP contribution is 2.22. The first-order valence-electron chi connectivity index (χ1n) is 3.64. The summed E-state index contributed by atoms with van der Waals surface area (Å²) in [7, 11) is 0. The first-order chi connectivity index (χ1) is 6.67. The van der Waals surface area contributed by atoms with Crippen LogP contribution in [-0.4, -0.2) is 5.11 Å². The summed E-state index contributed by atoms with van der Waals surface area (Å²) in [5.74, 6) is 5.08. The van der Waals surface area contributed by atoms with Crippen molar-refractivity contribution in [1.82, 2.24) is 5.43 Å². The molecule has 0 fully saturated rings. The molecule has 1 aromatic carbocycles. The first-order valence-corrected chi connectivity index (χ1v) is 4.43. The third-order valence-electron chi connectivity index (χ3n) is 1.47. The van der Waals surface area contributed by atoms with E-state index in [0.717, 1.165) is 0 Å². The third-order valence-corrected chi connectivity index (χ3v) is 2.02. The summed E-state index contributed by atoms with van der Waals surface area (Å²) >= 11 is 10.6. The lowest BCUT2D eigenvalue weighted by Crippen LogP contribution is -2.34. The molecule has 1 rings (SSSR count). The summed E-state index contributed by atoms with van der Waals surface area (Å²) in [5.41, 5.74) is 3.30. The molecule has 0 aliphatic rings. The zero-order chi connectivity index (χ0) is 10.6. The van der Waals surface area contributed by atoms with Crippen molar-refractivity contribution in [2.75, 3.05) is 5.32 Å². The van der Waals surface area contributed by atoms with E-state index in [4.69, 9.17) is 34.9 Å². The Balaban J connectivity index is 2.96. The summed E-state index contributed by atoms with van der Waals surface area (Å²) in [6, 6.07) is 6.81. The standard InChI is InChI=1S/C8H7ClN4S/c9-6-2-1-5(4-10)3-7(6)12-8(14)13-11/h1-3H,11H2,(H2,12,13,14). The van der Waals surface area contributed by atoms with Gasteiger partial charge in [-0.2, -0.15) is 5.26 Å². The Labute approximate surface area is 91.6 Å². The van der Waals surface area contributed by atoms with Gasteiger partial charge in [0.15, 0.2) is 5.11 Å². The van der Waals surface area contributed by atoms with Crippen LogP contribution in [0, 0.1) is 11.3 Å². The normalized spacial score (nSPS) is 8.93. The zero-order valence-electron chi connectivity index (χ0n) is 7.04. The van der Waals surface area contributed by atoms with Gasteiger partial charge < -0.3 is 10.7 Å². The average Bonchev–Trinajstić information content (AvgIpc) is 2.21. The van der Waals surface area contributed by atoms with Gasteiger partial charge >= 0.3 is 0 Å². The number of hydrogen-bond acceptors (Lipinski definition) is 3. The fourth-order valence-corrected chi connectivity index (χ4v) is 1.12. The van der Waals surface area contributed by atoms with Crippen LogP contribution in [0.15, 0.2) is 18.2 Å². The van der Waals surface area contributed by atoms with Crippen molar-refractivity contribution in [2.45, 2.75) is 0 Å². The molecule has 0 heterocycles. The van der Waals surface area contributed by atoms with Crippen LogP contribution < -0.4 is 16.6 Å². The van der Waals surface area contributed by atoms with Gasteiger partial charge in [-0.1, -0.05) is 11.6 Å². The SMILES string of the molecule is N#Cc1ccc(Cl)c(NC(=S)NN)c1. The number of nitrogens with one attached hydrogen (secondary N) is 2. The van der Waals surface area contributed by atoms with Gasteiger partial charge in [0, 0.05) is 0 Å². The van der Waals surface area contributed by atoms with Crippen molar-refractivity contribution < 1.29 is 0 Å². The van der Waals surface area contributed by atoms with Crippen LogP contribution in [-0.2, 0) is 0 Å². The molecule has 0 spiro atoms. The molecule has 0 aliphatic carbocycles. The zero-order valence-corrected chi connectivity index (χ0v) is 8.62. The molecular formula is C8H7ClN4S. The van der Waals surface area contributed by atoms with E-state index in [1.165, 1.54) is 0 Å². The van der Waals surface area contributed by atoms with E-state index in [2.05, 4.69) is 10.7 Å². The second-order valence-electron chi connectivity index (χ2n) is 2.40. The predicted molar refractivity (Wildman–Crippen MR) is 59.7 cm³/mol. The fraction of sp³-hybridized carbons (Fsp3) is 0. The number of hydrazine groups is 1. The summed E-state index contributed by atoms with van der Waals surface area (Å²) in [6.45, 7) is 0. The molecule has 72 valence electrons. The minimum absolute atomic E-state index is 0.238. The van der Waals surface area contributed by atoms with Crippen molar-refractivity contribution in [3.8, 4) is 6.07 Å². The number of anilines is 1. The van der Waals surface area contributed by atoms with Crippen LogP contribution in [0.4, 0.5) is 5.69 Å². The maximum absolute atomic E-state index is 8.65. The summed E-state index contributed by atoms with van der Waals surface area (Å²) in [5, 5.41) is 12.1. The van der Waals surface area contributed by atoms with Crippen LogP contribution in [0.2, 0.25) is 5.02 Å². The molecule has 0 aromatic heterocycles. The molecule has 4 nitrogen and oxygen atoms in total. The fourth-order valence-electron chi connectivity index (χ4n) is 0.849. The van der Waals surface area contributed by atoms with Crippen molar-refractivity contribution in [3.05, 3.63) is 28.8 Å². The van der Waals surface area contributed by atoms with Crippen molar-refractivity contribution in [2.24, 2.45) is 5.84 Å². The number of halogens is 1. The van der Waals surface area contributed by atoms with E-state index < -0.39 is 0 Å². The molecule has 0 saturated heterocycles. The van der Waals surface area contributed by atoms with Gasteiger partial charge in [0.25, 0.3) is 0 Å². The maximum Gasteiger partial charge on any atom is 0.185 e. The molecule has 0 saturated carbocycles. The second kappa shape index (κ2) is 4.77. The second-order valence-corrected chi connectivity index (χ2v) is 3.22. The van der Waals surface area contributed by atoms with E-state index >= 15 is 0 Å². The van der Waals surface area contributed by atoms with Crippen molar-refractivity contribution in [3.63, 3.8) is 0 Å². The predicted octanol–water partition coefficient (Wildman–Crippen LogP) is 1.37. The molecule has 0 aliphatic heterocycles. The Kier molecular flexibility index (Phi) is 3.65. The van der Waals surface area contributed by atoms with Gasteiger partial charge in [0.05, 0.1) is 22.3 Å². The highest BCUT2D eigenvalue weighted by Gasteiger charge is 2.02. The molecule has 4 N–H and O–H groups in total. The molecule has 0 bridgehead atoms. The summed E-state index contributed by atoms with van der Waals surface area (Å²) in [4.78, 5) is 0. The lowest BCUT2D eigenvalue weighted by Gasteiger charge is -2.08. The monoisotopic (exact) mass is 226 g/mol. The first kappa shape index (κ1) is 10.7. The summed E-state index contributed by atoms with van der Waals surface area (Å²) in [6.07, 6.45) is 0. The van der Waals surface area contributed by atoms with Gasteiger partial charge in [-0.3, -0.25) is 0 Å². The van der Waals surface area contributed by atoms with E-state index in [0.29, 0.717) is 16.3 Å². The van der Waals surface area contributed by atoms with Crippen molar-refractivity contribution >= 4 is 34.6 Å². The van der Waals surface area contributed by atoms with E-state index in [1.807, 2.05) is 6.07 Å². The van der Waals surface area contributed by atoms with Crippen LogP contribution in [0.5, 0.6) is 0 Å². The molecule has 0 unspecified atom stereocenters. The van der Waals surface area contributed by atoms with Gasteiger partial charge in [-0.25, -0.2) is 5.84 Å². The highest BCUT2D eigenvalue weighted by molar-refractivity contribution is 7.80. The van der Waals surface area contributed by atoms with Gasteiger partial charge in [0.1, 0.15) is 0 Å². The lowest BCUT2D eigenvalue weighted by atomic mass is 10.2. The molecule has 1 aromatic rings. The lowest BCUT2D eigenvalue weighted by molar-refractivity contribution is 1.04. The largest absolute Gasteiger partial charge is 0.330 e. The minimum atomic E-state index is 0.238. The van der Waals surface area contributed by atoms with Crippen LogP contribution in [0.3, 0.4) is 0 Å². The maximum atomic E-state index is 8.65. The number of nitrogens with two attached hydrogens (primary N) is 1. The van der Waals surface area contributed by atoms with Crippen molar-refractivity contribution in [1.29, 1.82) is 5.26 Å². The number of thiocarbonyl (C=S) groups is 1. The number of rotatable bonds is 1. The van der Waals surface area contributed by atoms with Gasteiger partial charge in [0.2, 0.25) is 0 Å². The average molecular weight is 227 g/mol. The highest BCUT2D eigenvalue weighted by atomic mass is 35.5. The van der Waals surface area contributed by atoms with Gasteiger partial charge in [-0.05, 0) is 30.4 Å². The van der Waals surface area contributed by atoms with Crippen LogP contribution in [0.1, 0.15) is 5.56 Å². The molecule has 0 amide bonds. The Morgan fingerprint density at radius 2 is 2.29 bits per heavy atom. The number of nitriles is 1.